The van der Waals surface area contributed by atoms with Gasteiger partial charge in [-0.15, -0.1) is 0 Å². The number of ether oxygens (including phenoxy) is 1. The fourth-order valence-corrected chi connectivity index (χ4v) is 1.61. The van der Waals surface area contributed by atoms with E-state index in [9.17, 15) is 9.59 Å². The van der Waals surface area contributed by atoms with E-state index in [2.05, 4.69) is 26.0 Å². The normalized spacial score (nSPS) is 11.7. The summed E-state index contributed by atoms with van der Waals surface area (Å²) in [4.78, 5) is 23.0. The van der Waals surface area contributed by atoms with Crippen molar-refractivity contribution in [2.75, 3.05) is 12.8 Å². The zero-order valence-electron chi connectivity index (χ0n) is 9.49. The molecule has 6 heteroatoms. The standard InChI is InChI=1S/C11H13BrN2O3/c1-6(11(16)17-2)14-10(15)7-4-3-5-8(12)9(7)13/h3-6H,13H2,1-2H3,(H,14,15). The third-order valence-corrected chi connectivity index (χ3v) is 2.89. The summed E-state index contributed by atoms with van der Waals surface area (Å²) < 4.78 is 5.14. The number of carbonyl (C=O) groups excluding carboxylic acids is 2. The summed E-state index contributed by atoms with van der Waals surface area (Å²) in [6.07, 6.45) is 0. The van der Waals surface area contributed by atoms with E-state index < -0.39 is 17.9 Å². The molecule has 0 aromatic heterocycles. The van der Waals surface area contributed by atoms with Crippen LogP contribution in [0.1, 0.15) is 17.3 Å². The topological polar surface area (TPSA) is 81.4 Å². The number of anilines is 1. The van der Waals surface area contributed by atoms with E-state index in [0.717, 1.165) is 0 Å². The van der Waals surface area contributed by atoms with Gasteiger partial charge in [-0.05, 0) is 35.0 Å². The lowest BCUT2D eigenvalue weighted by molar-refractivity contribution is -0.142. The highest BCUT2D eigenvalue weighted by Crippen LogP contribution is 2.22. The molecule has 92 valence electrons. The van der Waals surface area contributed by atoms with Crippen molar-refractivity contribution >= 4 is 33.5 Å². The summed E-state index contributed by atoms with van der Waals surface area (Å²) in [5.74, 6) is -0.923. The predicted octanol–water partition coefficient (Wildman–Crippen LogP) is 1.32. The monoisotopic (exact) mass is 300 g/mol. The van der Waals surface area contributed by atoms with Gasteiger partial charge in [-0.1, -0.05) is 6.07 Å². The van der Waals surface area contributed by atoms with Crippen molar-refractivity contribution in [2.24, 2.45) is 0 Å². The Hall–Kier alpha value is -1.56. The Balaban J connectivity index is 2.84. The molecular weight excluding hydrogens is 288 g/mol. The number of methoxy groups -OCH3 is 1. The average molecular weight is 301 g/mol. The molecule has 0 saturated carbocycles. The first kappa shape index (κ1) is 13.5. The first-order chi connectivity index (χ1) is 7.97. The Kier molecular flexibility index (Phi) is 4.51. The van der Waals surface area contributed by atoms with Crippen molar-refractivity contribution in [3.63, 3.8) is 0 Å². The number of halogens is 1. The molecule has 0 fully saturated rings. The van der Waals surface area contributed by atoms with Gasteiger partial charge in [0.2, 0.25) is 0 Å². The molecule has 0 saturated heterocycles. The number of amides is 1. The zero-order valence-corrected chi connectivity index (χ0v) is 11.1. The lowest BCUT2D eigenvalue weighted by Gasteiger charge is -2.13. The number of hydrogen-bond acceptors (Lipinski definition) is 4. The second-order valence-electron chi connectivity index (χ2n) is 3.42. The highest BCUT2D eigenvalue weighted by atomic mass is 79.9. The van der Waals surface area contributed by atoms with E-state index in [1.165, 1.54) is 14.0 Å². The molecular formula is C11H13BrN2O3. The first-order valence-electron chi connectivity index (χ1n) is 4.90. The second-order valence-corrected chi connectivity index (χ2v) is 4.27. The van der Waals surface area contributed by atoms with Crippen LogP contribution in [0.5, 0.6) is 0 Å². The minimum Gasteiger partial charge on any atom is -0.467 e. The molecule has 0 bridgehead atoms. The highest BCUT2D eigenvalue weighted by Gasteiger charge is 2.18. The van der Waals surface area contributed by atoms with Gasteiger partial charge in [0.05, 0.1) is 18.4 Å². The van der Waals surface area contributed by atoms with Gasteiger partial charge in [-0.2, -0.15) is 0 Å². The van der Waals surface area contributed by atoms with Gasteiger partial charge in [0.25, 0.3) is 5.91 Å². The number of hydrogen-bond donors (Lipinski definition) is 2. The molecule has 5 nitrogen and oxygen atoms in total. The molecule has 1 unspecified atom stereocenters. The van der Waals surface area contributed by atoms with E-state index >= 15 is 0 Å². The maximum Gasteiger partial charge on any atom is 0.328 e. The zero-order chi connectivity index (χ0) is 13.0. The molecule has 0 radical (unpaired) electrons. The summed E-state index contributed by atoms with van der Waals surface area (Å²) in [7, 11) is 1.26. The van der Waals surface area contributed by atoms with E-state index in [1.807, 2.05) is 0 Å². The number of benzene rings is 1. The summed E-state index contributed by atoms with van der Waals surface area (Å²) >= 11 is 3.23. The van der Waals surface area contributed by atoms with E-state index in [1.54, 1.807) is 18.2 Å². The third-order valence-electron chi connectivity index (χ3n) is 2.20. The van der Waals surface area contributed by atoms with Crippen molar-refractivity contribution in [1.82, 2.24) is 5.32 Å². The SMILES string of the molecule is COC(=O)C(C)NC(=O)c1cccc(Br)c1N. The smallest absolute Gasteiger partial charge is 0.328 e. The van der Waals surface area contributed by atoms with Crippen molar-refractivity contribution < 1.29 is 14.3 Å². The molecule has 1 rings (SSSR count). The van der Waals surface area contributed by atoms with Crippen LogP contribution in [0.15, 0.2) is 22.7 Å². The Morgan fingerprint density at radius 1 is 1.47 bits per heavy atom. The molecule has 0 aliphatic heterocycles. The minimum absolute atomic E-state index is 0.315. The summed E-state index contributed by atoms with van der Waals surface area (Å²) in [6, 6.07) is 4.29. The van der Waals surface area contributed by atoms with Gasteiger partial charge in [0.1, 0.15) is 6.04 Å². The average Bonchev–Trinajstić information content (AvgIpc) is 2.31. The fourth-order valence-electron chi connectivity index (χ4n) is 1.25. The van der Waals surface area contributed by atoms with E-state index in [0.29, 0.717) is 15.7 Å². The van der Waals surface area contributed by atoms with Crippen LogP contribution in [0.3, 0.4) is 0 Å². The first-order valence-corrected chi connectivity index (χ1v) is 5.69. The van der Waals surface area contributed by atoms with Gasteiger partial charge in [0.15, 0.2) is 0 Å². The predicted molar refractivity (Wildman–Crippen MR) is 67.5 cm³/mol. The largest absolute Gasteiger partial charge is 0.467 e. The van der Waals surface area contributed by atoms with Crippen LogP contribution in [-0.2, 0) is 9.53 Å². The molecule has 0 aliphatic rings. The Morgan fingerprint density at radius 2 is 2.12 bits per heavy atom. The lowest BCUT2D eigenvalue weighted by Crippen LogP contribution is -2.39. The quantitative estimate of drug-likeness (QED) is 0.652. The highest BCUT2D eigenvalue weighted by molar-refractivity contribution is 9.10. The maximum absolute atomic E-state index is 11.8. The number of nitrogen functional groups attached to an aromatic ring is 1. The molecule has 3 N–H and O–H groups in total. The lowest BCUT2D eigenvalue weighted by atomic mass is 10.1. The van der Waals surface area contributed by atoms with Crippen LogP contribution >= 0.6 is 15.9 Å². The molecule has 1 aromatic rings. The van der Waals surface area contributed by atoms with Gasteiger partial charge in [-0.3, -0.25) is 4.79 Å². The molecule has 1 aromatic carbocycles. The molecule has 0 aliphatic carbocycles. The van der Waals surface area contributed by atoms with Gasteiger partial charge in [-0.25, -0.2) is 4.79 Å². The molecule has 1 amide bonds. The van der Waals surface area contributed by atoms with Crippen LogP contribution in [0.25, 0.3) is 0 Å². The number of nitrogens with two attached hydrogens (primary N) is 1. The summed E-state index contributed by atoms with van der Waals surface area (Å²) in [6.45, 7) is 1.54. The second kappa shape index (κ2) is 5.67. The van der Waals surface area contributed by atoms with Crippen LogP contribution in [0, 0.1) is 0 Å². The number of para-hydroxylation sites is 1. The Bertz CT molecular complexity index is 448. The number of carbonyl (C=O) groups is 2. The van der Waals surface area contributed by atoms with E-state index in [4.69, 9.17) is 5.73 Å². The molecule has 0 spiro atoms. The third kappa shape index (κ3) is 3.20. The Labute approximate surface area is 107 Å². The molecule has 1 atom stereocenters. The fraction of sp³-hybridized carbons (Fsp3) is 0.273. The van der Waals surface area contributed by atoms with Crippen LogP contribution in [0.4, 0.5) is 5.69 Å². The van der Waals surface area contributed by atoms with E-state index in [-0.39, 0.29) is 0 Å². The number of rotatable bonds is 3. The summed E-state index contributed by atoms with van der Waals surface area (Å²) in [5.41, 5.74) is 6.39. The van der Waals surface area contributed by atoms with Crippen LogP contribution in [-0.4, -0.2) is 25.0 Å². The van der Waals surface area contributed by atoms with Crippen LogP contribution < -0.4 is 11.1 Å². The van der Waals surface area contributed by atoms with Gasteiger partial charge < -0.3 is 15.8 Å². The number of nitrogens with one attached hydrogen (secondary N) is 1. The van der Waals surface area contributed by atoms with Crippen molar-refractivity contribution in [1.29, 1.82) is 0 Å². The minimum atomic E-state index is -0.717. The molecule has 0 heterocycles. The summed E-state index contributed by atoms with van der Waals surface area (Å²) in [5, 5.41) is 2.50. The van der Waals surface area contributed by atoms with Crippen molar-refractivity contribution in [3.8, 4) is 0 Å². The molecule has 17 heavy (non-hydrogen) atoms. The van der Waals surface area contributed by atoms with Gasteiger partial charge in [0, 0.05) is 4.47 Å². The Morgan fingerprint density at radius 3 is 2.71 bits per heavy atom. The van der Waals surface area contributed by atoms with Crippen molar-refractivity contribution in [3.05, 3.63) is 28.2 Å². The van der Waals surface area contributed by atoms with Crippen molar-refractivity contribution in [2.45, 2.75) is 13.0 Å². The number of esters is 1. The van der Waals surface area contributed by atoms with Crippen LogP contribution in [0.2, 0.25) is 0 Å². The van der Waals surface area contributed by atoms with Gasteiger partial charge >= 0.3 is 5.97 Å². The maximum atomic E-state index is 11.8.